The van der Waals surface area contributed by atoms with E-state index in [0.29, 0.717) is 49.2 Å². The van der Waals surface area contributed by atoms with Crippen LogP contribution in [0.15, 0.2) is 48.5 Å². The number of hydrogen-bond acceptors (Lipinski definition) is 6. The lowest BCUT2D eigenvalue weighted by Gasteiger charge is -2.34. The fourth-order valence-electron chi connectivity index (χ4n) is 4.13. The van der Waals surface area contributed by atoms with Gasteiger partial charge in [0.1, 0.15) is 17.7 Å². The summed E-state index contributed by atoms with van der Waals surface area (Å²) < 4.78 is 26.1. The lowest BCUT2D eigenvalue weighted by Crippen LogP contribution is -2.51. The molecule has 1 fully saturated rings. The van der Waals surface area contributed by atoms with Gasteiger partial charge in [0.25, 0.3) is 11.8 Å². The van der Waals surface area contributed by atoms with Crippen molar-refractivity contribution >= 4 is 23.4 Å². The molecule has 0 bridgehead atoms. The first-order valence-electron chi connectivity index (χ1n) is 11.2. The van der Waals surface area contributed by atoms with Gasteiger partial charge in [-0.15, -0.1) is 5.10 Å². The van der Waals surface area contributed by atoms with Gasteiger partial charge in [-0.25, -0.2) is 9.07 Å². The maximum Gasteiger partial charge on any atom is 0.276 e. The third-order valence-electron chi connectivity index (χ3n) is 6.14. The van der Waals surface area contributed by atoms with E-state index < -0.39 is 0 Å². The summed E-state index contributed by atoms with van der Waals surface area (Å²) in [5, 5.41) is 8.96. The van der Waals surface area contributed by atoms with E-state index in [1.165, 1.54) is 24.3 Å². The van der Waals surface area contributed by atoms with Crippen LogP contribution in [0, 0.1) is 5.82 Å². The zero-order valence-corrected chi connectivity index (χ0v) is 19.5. The van der Waals surface area contributed by atoms with Gasteiger partial charge in [-0.1, -0.05) is 28.9 Å². The van der Waals surface area contributed by atoms with E-state index in [2.05, 4.69) is 10.3 Å². The van der Waals surface area contributed by atoms with Gasteiger partial charge in [0.05, 0.1) is 18.8 Å². The lowest BCUT2D eigenvalue weighted by molar-refractivity contribution is -0.134. The molecule has 9 nitrogen and oxygen atoms in total. The second kappa shape index (κ2) is 10.0. The maximum atomic E-state index is 13.1. The molecular formula is C24H23ClFN5O4. The van der Waals surface area contributed by atoms with Crippen molar-refractivity contribution in [1.29, 1.82) is 0 Å². The normalized spacial score (nSPS) is 17.7. The van der Waals surface area contributed by atoms with Crippen LogP contribution in [0.4, 0.5) is 4.39 Å². The molecule has 5 rings (SSSR count). The summed E-state index contributed by atoms with van der Waals surface area (Å²) in [5.41, 5.74) is 1.90. The largest absolute Gasteiger partial charge is 0.484 e. The summed E-state index contributed by atoms with van der Waals surface area (Å²) in [5.74, 6) is -0.365. The molecule has 182 valence electrons. The van der Waals surface area contributed by atoms with Crippen LogP contribution in [0.2, 0.25) is 5.02 Å². The molecule has 1 saturated heterocycles. The molecule has 11 heteroatoms. The number of carbonyl (C=O) groups is 2. The molecule has 2 aromatic carbocycles. The first-order chi connectivity index (χ1) is 17.0. The van der Waals surface area contributed by atoms with E-state index in [9.17, 15) is 14.0 Å². The Bertz CT molecular complexity index is 1210. The molecule has 3 heterocycles. The van der Waals surface area contributed by atoms with Crippen LogP contribution >= 0.6 is 11.6 Å². The quantitative estimate of drug-likeness (QED) is 0.536. The molecule has 0 saturated carbocycles. The Morgan fingerprint density at radius 1 is 1.03 bits per heavy atom. The molecular weight excluding hydrogens is 477 g/mol. The minimum atomic E-state index is -0.369. The number of halogens is 2. The van der Waals surface area contributed by atoms with E-state index in [4.69, 9.17) is 21.1 Å². The minimum absolute atomic E-state index is 0.149. The fourth-order valence-corrected chi connectivity index (χ4v) is 4.26. The standard InChI is InChI=1S/C24H23ClFN5O4/c25-17-3-1-16(2-4-17)21-13-31-20(14-35-21)23(27-28-31)24(33)30-11-9-29(10-12-30)22(32)15-34-19-7-5-18(26)6-8-19/h1-8,21H,9-15H2/t21-/m1/s1. The molecule has 0 aliphatic carbocycles. The summed E-state index contributed by atoms with van der Waals surface area (Å²) in [6, 6.07) is 12.9. The number of fused-ring (bicyclic) bond motifs is 1. The molecule has 2 aliphatic rings. The number of amides is 2. The highest BCUT2D eigenvalue weighted by molar-refractivity contribution is 6.30. The van der Waals surface area contributed by atoms with Crippen molar-refractivity contribution in [3.8, 4) is 5.75 Å². The summed E-state index contributed by atoms with van der Waals surface area (Å²) >= 11 is 5.97. The van der Waals surface area contributed by atoms with Crippen molar-refractivity contribution < 1.29 is 23.5 Å². The van der Waals surface area contributed by atoms with E-state index in [1.54, 1.807) is 14.5 Å². The van der Waals surface area contributed by atoms with Crippen LogP contribution in [0.25, 0.3) is 0 Å². The predicted molar refractivity (Wildman–Crippen MR) is 123 cm³/mol. The smallest absolute Gasteiger partial charge is 0.276 e. The monoisotopic (exact) mass is 499 g/mol. The van der Waals surface area contributed by atoms with Crippen molar-refractivity contribution in [2.24, 2.45) is 0 Å². The molecule has 1 aromatic heterocycles. The van der Waals surface area contributed by atoms with Crippen molar-refractivity contribution in [2.45, 2.75) is 19.3 Å². The van der Waals surface area contributed by atoms with Crippen LogP contribution < -0.4 is 4.74 Å². The first kappa shape index (κ1) is 23.3. The minimum Gasteiger partial charge on any atom is -0.484 e. The number of piperazine rings is 1. The maximum absolute atomic E-state index is 13.1. The SMILES string of the molecule is O=C(COc1ccc(F)cc1)N1CCN(C(=O)c2nnn3c2CO[C@@H](c2ccc(Cl)cc2)C3)CC1. The summed E-state index contributed by atoms with van der Waals surface area (Å²) in [6.07, 6.45) is -0.198. The number of ether oxygens (including phenoxy) is 2. The van der Waals surface area contributed by atoms with Crippen molar-refractivity contribution in [1.82, 2.24) is 24.8 Å². The van der Waals surface area contributed by atoms with Crippen molar-refractivity contribution in [3.05, 3.63) is 76.3 Å². The third-order valence-corrected chi connectivity index (χ3v) is 6.39. The molecule has 0 N–H and O–H groups in total. The van der Waals surface area contributed by atoms with Crippen molar-refractivity contribution in [3.63, 3.8) is 0 Å². The second-order valence-corrected chi connectivity index (χ2v) is 8.77. The Labute approximate surface area is 206 Å². The third kappa shape index (κ3) is 5.13. The Balaban J connectivity index is 1.15. The lowest BCUT2D eigenvalue weighted by atomic mass is 10.1. The van der Waals surface area contributed by atoms with E-state index in [-0.39, 0.29) is 42.6 Å². The number of carbonyl (C=O) groups excluding carboxylic acids is 2. The van der Waals surface area contributed by atoms with E-state index >= 15 is 0 Å². The van der Waals surface area contributed by atoms with Gasteiger partial charge >= 0.3 is 0 Å². The zero-order chi connectivity index (χ0) is 24.4. The van der Waals surface area contributed by atoms with Gasteiger partial charge in [0.15, 0.2) is 12.3 Å². The van der Waals surface area contributed by atoms with Gasteiger partial charge in [0, 0.05) is 31.2 Å². The number of benzene rings is 2. The topological polar surface area (TPSA) is 89.8 Å². The molecule has 0 spiro atoms. The Hall–Kier alpha value is -3.50. The average molecular weight is 500 g/mol. The van der Waals surface area contributed by atoms with Crippen LogP contribution in [-0.4, -0.2) is 69.4 Å². The van der Waals surface area contributed by atoms with E-state index in [0.717, 1.165) is 5.56 Å². The van der Waals surface area contributed by atoms with Gasteiger partial charge in [0.2, 0.25) is 0 Å². The Morgan fingerprint density at radius 2 is 1.71 bits per heavy atom. The number of aromatic nitrogens is 3. The summed E-state index contributed by atoms with van der Waals surface area (Å²) in [6.45, 7) is 2.05. The molecule has 3 aromatic rings. The van der Waals surface area contributed by atoms with E-state index in [1.807, 2.05) is 24.3 Å². The predicted octanol–water partition coefficient (Wildman–Crippen LogP) is 2.71. The number of rotatable bonds is 5. The highest BCUT2D eigenvalue weighted by Crippen LogP contribution is 2.28. The molecule has 0 unspecified atom stereocenters. The van der Waals surface area contributed by atoms with Crippen molar-refractivity contribution in [2.75, 3.05) is 32.8 Å². The van der Waals surface area contributed by atoms with Gasteiger partial charge < -0.3 is 19.3 Å². The summed E-state index contributed by atoms with van der Waals surface area (Å²) in [7, 11) is 0. The van der Waals surface area contributed by atoms with Crippen LogP contribution in [0.1, 0.15) is 27.8 Å². The fraction of sp³-hybridized carbons (Fsp3) is 0.333. The molecule has 35 heavy (non-hydrogen) atoms. The number of nitrogens with zero attached hydrogens (tertiary/aromatic N) is 5. The highest BCUT2D eigenvalue weighted by atomic mass is 35.5. The average Bonchev–Trinajstić information content (AvgIpc) is 3.31. The summed E-state index contributed by atoms with van der Waals surface area (Å²) in [4.78, 5) is 28.9. The van der Waals surface area contributed by atoms with Gasteiger partial charge in [-0.05, 0) is 42.0 Å². The highest BCUT2D eigenvalue weighted by Gasteiger charge is 2.32. The second-order valence-electron chi connectivity index (χ2n) is 8.33. The van der Waals surface area contributed by atoms with Gasteiger partial charge in [-0.3, -0.25) is 9.59 Å². The van der Waals surface area contributed by atoms with Crippen LogP contribution in [0.5, 0.6) is 5.75 Å². The molecule has 0 radical (unpaired) electrons. The Morgan fingerprint density at radius 3 is 2.43 bits per heavy atom. The first-order valence-corrected chi connectivity index (χ1v) is 11.6. The molecule has 1 atom stereocenters. The van der Waals surface area contributed by atoms with Crippen LogP contribution in [-0.2, 0) is 22.7 Å². The molecule has 2 aliphatic heterocycles. The Kier molecular flexibility index (Phi) is 6.65. The zero-order valence-electron chi connectivity index (χ0n) is 18.8. The molecule has 2 amide bonds. The van der Waals surface area contributed by atoms with Gasteiger partial charge in [-0.2, -0.15) is 0 Å². The van der Waals surface area contributed by atoms with Crippen LogP contribution in [0.3, 0.4) is 0 Å². The number of hydrogen-bond donors (Lipinski definition) is 0.